The summed E-state index contributed by atoms with van der Waals surface area (Å²) in [6.07, 6.45) is -3.78. The Bertz CT molecular complexity index is 2770. The molecule has 0 aliphatic carbocycles. The van der Waals surface area contributed by atoms with E-state index in [1.165, 1.54) is 20.3 Å². The molecule has 10 rings (SSSR count). The van der Waals surface area contributed by atoms with E-state index < -0.39 is 87.6 Å². The molecule has 0 saturated carbocycles. The predicted octanol–water partition coefficient (Wildman–Crippen LogP) is 10.3. The van der Waals surface area contributed by atoms with Gasteiger partial charge < -0.3 is 33.5 Å². The molecule has 4 atom stereocenters. The number of methoxy groups -OCH3 is 2. The molecule has 5 aliphatic heterocycles. The minimum atomic E-state index is -5.05. The fourth-order valence-electron chi connectivity index (χ4n) is 10.9. The van der Waals surface area contributed by atoms with Gasteiger partial charge in [0.15, 0.2) is 11.6 Å². The van der Waals surface area contributed by atoms with Crippen LogP contribution in [0.4, 0.5) is 42.8 Å². The summed E-state index contributed by atoms with van der Waals surface area (Å²) in [6.45, 7) is 5.45. The summed E-state index contributed by atoms with van der Waals surface area (Å²) in [7, 11) is 3.07. The first-order chi connectivity index (χ1) is 33.2. The molecule has 5 aromatic rings. The molecule has 70 heavy (non-hydrogen) atoms. The number of rotatable bonds is 11. The molecular weight excluding hydrogens is 944 g/mol. The second-order valence-electron chi connectivity index (χ2n) is 19.8. The van der Waals surface area contributed by atoms with Gasteiger partial charge in [-0.25, -0.2) is 22.9 Å². The van der Waals surface area contributed by atoms with Crippen molar-refractivity contribution < 1.29 is 54.8 Å². The fraction of sp³-hybridized carbons (Fsp3) is 0.480. The monoisotopic (exact) mass is 995 g/mol. The molecule has 0 spiro atoms. The van der Waals surface area contributed by atoms with E-state index in [0.29, 0.717) is 43.7 Å². The number of carbonyl (C=O) groups is 1. The summed E-state index contributed by atoms with van der Waals surface area (Å²) in [5.74, 6) is -3.01. The third kappa shape index (κ3) is 8.81. The average Bonchev–Trinajstić information content (AvgIpc) is 3.89. The van der Waals surface area contributed by atoms with Crippen molar-refractivity contribution in [3.63, 3.8) is 0 Å². The SMILES string of the molecule is COc1ccc(CN(Cc2ccc(OC)cc2)c2ccc(C(F)(F)F)c(-c3c(Cl)c4c5c(nc(OC[C@]67CCCN6CC(F)(F)C7)nc5c3F)N3C[C@H]5CC[C@@H]([C@H]3CO4)N5C(=O)OC(C)(C)C)n2)cc1. The number of ether oxygens (including phenoxy) is 5. The summed E-state index contributed by atoms with van der Waals surface area (Å²) < 4.78 is 123. The van der Waals surface area contributed by atoms with Gasteiger partial charge >= 0.3 is 18.3 Å². The lowest BCUT2D eigenvalue weighted by Gasteiger charge is -2.46. The smallest absolute Gasteiger partial charge is 0.418 e. The van der Waals surface area contributed by atoms with Crippen molar-refractivity contribution in [3.8, 4) is 34.5 Å². The van der Waals surface area contributed by atoms with E-state index in [1.807, 2.05) is 29.2 Å². The van der Waals surface area contributed by atoms with Crippen LogP contribution in [0.3, 0.4) is 0 Å². The van der Waals surface area contributed by atoms with Crippen molar-refractivity contribution in [1.82, 2.24) is 24.8 Å². The maximum Gasteiger partial charge on any atom is 0.418 e. The van der Waals surface area contributed by atoms with Crippen molar-refractivity contribution in [1.29, 1.82) is 0 Å². The van der Waals surface area contributed by atoms with E-state index in [1.54, 1.807) is 59.7 Å². The molecule has 4 saturated heterocycles. The summed E-state index contributed by atoms with van der Waals surface area (Å²) in [4.78, 5) is 34.7. The largest absolute Gasteiger partial charge is 0.497 e. The maximum atomic E-state index is 18.0. The first-order valence-corrected chi connectivity index (χ1v) is 23.6. The van der Waals surface area contributed by atoms with Crippen LogP contribution in [0.1, 0.15) is 69.6 Å². The molecule has 2 bridgehead atoms. The first-order valence-electron chi connectivity index (χ1n) is 23.2. The Labute approximate surface area is 405 Å². The molecule has 1 amide bonds. The Morgan fingerprint density at radius 1 is 0.914 bits per heavy atom. The molecular formula is C50H52ClF6N7O6. The van der Waals surface area contributed by atoms with Crippen LogP contribution in [0.25, 0.3) is 22.2 Å². The number of pyridine rings is 1. The number of alkyl halides is 5. The van der Waals surface area contributed by atoms with Crippen LogP contribution in [0.2, 0.25) is 5.02 Å². The van der Waals surface area contributed by atoms with E-state index in [0.717, 1.165) is 17.2 Å². The number of carbonyl (C=O) groups excluding carboxylic acids is 1. The number of aromatic nitrogens is 3. The summed E-state index contributed by atoms with van der Waals surface area (Å²) >= 11 is 7.20. The quantitative estimate of drug-likeness (QED) is 0.117. The normalized spacial score (nSPS) is 22.6. The third-order valence-electron chi connectivity index (χ3n) is 14.0. The lowest BCUT2D eigenvalue weighted by atomic mass is 9.94. The number of anilines is 2. The Hall–Kier alpha value is -5.95. The molecule has 2 aromatic heterocycles. The molecule has 5 aliphatic rings. The number of hydrogen-bond donors (Lipinski definition) is 0. The number of piperazine rings is 1. The van der Waals surface area contributed by atoms with Crippen LogP contribution in [0, 0.1) is 5.82 Å². The molecule has 7 heterocycles. The Morgan fingerprint density at radius 3 is 2.21 bits per heavy atom. The van der Waals surface area contributed by atoms with Gasteiger partial charge in [-0.2, -0.15) is 23.1 Å². The van der Waals surface area contributed by atoms with Crippen LogP contribution in [0.5, 0.6) is 23.3 Å². The van der Waals surface area contributed by atoms with E-state index in [-0.39, 0.29) is 67.7 Å². The highest BCUT2D eigenvalue weighted by atomic mass is 35.5. The van der Waals surface area contributed by atoms with E-state index in [9.17, 15) is 13.6 Å². The fourth-order valence-corrected chi connectivity index (χ4v) is 11.3. The molecule has 0 N–H and O–H groups in total. The van der Waals surface area contributed by atoms with Crippen LogP contribution < -0.4 is 28.7 Å². The van der Waals surface area contributed by atoms with Gasteiger partial charge in [-0.05, 0) is 101 Å². The number of hydrogen-bond acceptors (Lipinski definition) is 12. The summed E-state index contributed by atoms with van der Waals surface area (Å²) in [5.41, 5.74) is -3.58. The van der Waals surface area contributed by atoms with Crippen molar-refractivity contribution in [2.24, 2.45) is 0 Å². The number of halogens is 7. The van der Waals surface area contributed by atoms with Gasteiger partial charge in [0.1, 0.15) is 47.5 Å². The van der Waals surface area contributed by atoms with E-state index in [4.69, 9.17) is 40.3 Å². The lowest BCUT2D eigenvalue weighted by Crippen LogP contribution is -2.63. The Balaban J connectivity index is 1.12. The van der Waals surface area contributed by atoms with Crippen LogP contribution >= 0.6 is 11.6 Å². The van der Waals surface area contributed by atoms with Gasteiger partial charge in [-0.15, -0.1) is 0 Å². The van der Waals surface area contributed by atoms with E-state index in [2.05, 4.69) is 9.97 Å². The van der Waals surface area contributed by atoms with Gasteiger partial charge in [0.2, 0.25) is 0 Å². The molecule has 3 aromatic carbocycles. The Kier molecular flexibility index (Phi) is 12.1. The van der Waals surface area contributed by atoms with Crippen LogP contribution in [-0.2, 0) is 24.0 Å². The lowest BCUT2D eigenvalue weighted by molar-refractivity contribution is -0.137. The zero-order chi connectivity index (χ0) is 49.5. The topological polar surface area (TPSA) is 115 Å². The molecule has 4 fully saturated rings. The number of nitrogens with zero attached hydrogens (tertiary/aromatic N) is 7. The molecule has 13 nitrogen and oxygen atoms in total. The second kappa shape index (κ2) is 17.7. The Morgan fingerprint density at radius 2 is 1.59 bits per heavy atom. The number of benzene rings is 3. The standard InChI is InChI=1S/C50H52ClF6N7O6/c1-47(2,3)70-46(65)64-30-11-17-34(64)35-24-68-43-38-42(59-45(60-44(38)63(35)23-30)69-27-48-19-6-20-62(48)26-49(53,54)25-48)40(52)37(39(43)51)41-33(50(55,56)57)16-18-36(58-41)61(21-28-7-12-31(66-4)13-8-28)22-29-9-14-32(67-5)15-10-29/h7-10,12-16,18,30,34-35H,6,11,17,19-27H2,1-5H3/t30-,34+,35-,48-/m1/s1. The third-order valence-corrected chi connectivity index (χ3v) is 14.4. The first kappa shape index (κ1) is 47.7. The highest BCUT2D eigenvalue weighted by Crippen LogP contribution is 2.52. The van der Waals surface area contributed by atoms with Crippen LogP contribution in [-0.4, -0.2) is 113 Å². The number of fused-ring (bicyclic) bond motifs is 6. The van der Waals surface area contributed by atoms with Gasteiger partial charge in [-0.1, -0.05) is 35.9 Å². The molecule has 0 unspecified atom stereocenters. The average molecular weight is 996 g/mol. The van der Waals surface area contributed by atoms with Gasteiger partial charge in [0.25, 0.3) is 5.92 Å². The molecule has 372 valence electrons. The van der Waals surface area contributed by atoms with Gasteiger partial charge in [0, 0.05) is 26.1 Å². The summed E-state index contributed by atoms with van der Waals surface area (Å²) in [6, 6.07) is 14.6. The van der Waals surface area contributed by atoms with E-state index >= 15 is 17.6 Å². The zero-order valence-electron chi connectivity index (χ0n) is 39.2. The highest BCUT2D eigenvalue weighted by Gasteiger charge is 2.57. The summed E-state index contributed by atoms with van der Waals surface area (Å²) in [5, 5.41) is -0.525. The minimum absolute atomic E-state index is 0.0235. The second-order valence-corrected chi connectivity index (χ2v) is 20.2. The van der Waals surface area contributed by atoms with Gasteiger partial charge in [-0.3, -0.25) is 9.80 Å². The van der Waals surface area contributed by atoms with Crippen molar-refractivity contribution in [2.75, 3.05) is 56.9 Å². The molecule has 20 heteroatoms. The van der Waals surface area contributed by atoms with Crippen LogP contribution in [0.15, 0.2) is 60.7 Å². The molecule has 0 radical (unpaired) electrons. The van der Waals surface area contributed by atoms with Crippen molar-refractivity contribution in [3.05, 3.63) is 88.2 Å². The van der Waals surface area contributed by atoms with Crippen molar-refractivity contribution in [2.45, 2.75) is 107 Å². The van der Waals surface area contributed by atoms with Gasteiger partial charge in [0.05, 0.1) is 71.7 Å². The highest BCUT2D eigenvalue weighted by molar-refractivity contribution is 6.36. The maximum absolute atomic E-state index is 18.0. The number of amides is 1. The predicted molar refractivity (Wildman–Crippen MR) is 249 cm³/mol. The zero-order valence-corrected chi connectivity index (χ0v) is 40.0. The van der Waals surface area contributed by atoms with Crippen molar-refractivity contribution >= 4 is 40.2 Å². The minimum Gasteiger partial charge on any atom is -0.497 e.